The Bertz CT molecular complexity index is 844. The number of nitrogens with one attached hydrogen (secondary N) is 1. The lowest BCUT2D eigenvalue weighted by Crippen LogP contribution is -2.38. The van der Waals surface area contributed by atoms with E-state index < -0.39 is 10.0 Å². The van der Waals surface area contributed by atoms with Gasteiger partial charge in [-0.05, 0) is 24.5 Å². The molecule has 7 heteroatoms. The van der Waals surface area contributed by atoms with E-state index in [1.54, 1.807) is 4.90 Å². The van der Waals surface area contributed by atoms with Gasteiger partial charge in [-0.3, -0.25) is 4.79 Å². The normalized spacial score (nSPS) is 16.9. The van der Waals surface area contributed by atoms with Crippen LogP contribution >= 0.6 is 0 Å². The number of carbonyl (C=O) groups excluding carboxylic acids is 1. The maximum atomic E-state index is 12.7. The number of benzene rings is 1. The Labute approximate surface area is 148 Å². The minimum absolute atomic E-state index is 0.0551. The zero-order chi connectivity index (χ0) is 17.9. The topological polar surface area (TPSA) is 73.5 Å². The highest BCUT2D eigenvalue weighted by atomic mass is 32.2. The molecule has 0 unspecified atom stereocenters. The van der Waals surface area contributed by atoms with Crippen LogP contribution in [0.5, 0.6) is 0 Å². The van der Waals surface area contributed by atoms with E-state index in [0.29, 0.717) is 45.4 Å². The van der Waals surface area contributed by atoms with Gasteiger partial charge in [-0.1, -0.05) is 25.1 Å². The molecule has 0 bridgehead atoms. The summed E-state index contributed by atoms with van der Waals surface area (Å²) in [5.41, 5.74) is 2.01. The number of H-pyrrole nitrogens is 1. The number of hydrogen-bond donors (Lipinski definition) is 1. The van der Waals surface area contributed by atoms with Gasteiger partial charge in [-0.15, -0.1) is 0 Å². The van der Waals surface area contributed by atoms with Crippen molar-refractivity contribution in [3.05, 3.63) is 36.0 Å². The Balaban J connectivity index is 1.65. The van der Waals surface area contributed by atoms with E-state index in [2.05, 4.69) is 4.98 Å². The van der Waals surface area contributed by atoms with E-state index in [1.165, 1.54) is 4.31 Å². The average Bonchev–Trinajstić information content (AvgIpc) is 2.82. The van der Waals surface area contributed by atoms with Gasteiger partial charge in [0.25, 0.3) is 0 Å². The molecular formula is C18H25N3O3S. The average molecular weight is 363 g/mol. The lowest BCUT2D eigenvalue weighted by Gasteiger charge is -2.21. The predicted molar refractivity (Wildman–Crippen MR) is 98.9 cm³/mol. The van der Waals surface area contributed by atoms with Gasteiger partial charge in [0.05, 0.1) is 12.2 Å². The third-order valence-electron chi connectivity index (χ3n) is 4.68. The number of fused-ring (bicyclic) bond motifs is 1. The molecule has 0 saturated carbocycles. The number of amides is 1. The van der Waals surface area contributed by atoms with Crippen molar-refractivity contribution in [2.45, 2.75) is 26.2 Å². The zero-order valence-electron chi connectivity index (χ0n) is 14.6. The molecule has 6 nitrogen and oxygen atoms in total. The summed E-state index contributed by atoms with van der Waals surface area (Å²) in [5, 5.41) is 1.07. The van der Waals surface area contributed by atoms with Crippen LogP contribution in [0.25, 0.3) is 10.9 Å². The Morgan fingerprint density at radius 3 is 2.76 bits per heavy atom. The van der Waals surface area contributed by atoms with Crippen LogP contribution in [0.4, 0.5) is 0 Å². The molecule has 2 aromatic rings. The van der Waals surface area contributed by atoms with Gasteiger partial charge in [0.15, 0.2) is 0 Å². The van der Waals surface area contributed by atoms with Gasteiger partial charge < -0.3 is 9.88 Å². The minimum Gasteiger partial charge on any atom is -0.361 e. The summed E-state index contributed by atoms with van der Waals surface area (Å²) in [7, 11) is -3.19. The van der Waals surface area contributed by atoms with Gasteiger partial charge in [-0.25, -0.2) is 12.7 Å². The van der Waals surface area contributed by atoms with Crippen molar-refractivity contribution in [1.82, 2.24) is 14.2 Å². The first kappa shape index (κ1) is 17.9. The molecule has 1 fully saturated rings. The van der Waals surface area contributed by atoms with Crippen molar-refractivity contribution in [3.63, 3.8) is 0 Å². The standard InChI is InChI=1S/C18H25N3O3S/c1-2-12-25(23,24)21-9-5-8-20(10-11-21)18(22)13-15-14-19-17-7-4-3-6-16(15)17/h3-4,6-7,14,19H,2,5,8-13H2,1H3. The molecule has 1 N–H and O–H groups in total. The number of carbonyl (C=O) groups is 1. The van der Waals surface area contributed by atoms with Crippen LogP contribution in [0.15, 0.2) is 30.5 Å². The fraction of sp³-hybridized carbons (Fsp3) is 0.500. The second-order valence-corrected chi connectivity index (χ2v) is 8.57. The van der Waals surface area contributed by atoms with Gasteiger partial charge in [0.2, 0.25) is 15.9 Å². The van der Waals surface area contributed by atoms with Gasteiger partial charge in [0, 0.05) is 43.3 Å². The summed E-state index contributed by atoms with van der Waals surface area (Å²) in [5.74, 6) is 0.232. The fourth-order valence-electron chi connectivity index (χ4n) is 3.36. The van der Waals surface area contributed by atoms with E-state index in [4.69, 9.17) is 0 Å². The summed E-state index contributed by atoms with van der Waals surface area (Å²) in [6.45, 7) is 3.83. The number of aromatic nitrogens is 1. The molecule has 0 radical (unpaired) electrons. The number of rotatable bonds is 5. The molecule has 1 aliphatic heterocycles. The maximum Gasteiger partial charge on any atom is 0.227 e. The third kappa shape index (κ3) is 4.04. The van der Waals surface area contributed by atoms with Crippen molar-refractivity contribution >= 4 is 26.8 Å². The van der Waals surface area contributed by atoms with Crippen LogP contribution in [0.2, 0.25) is 0 Å². The monoisotopic (exact) mass is 363 g/mol. The van der Waals surface area contributed by atoms with E-state index in [0.717, 1.165) is 16.5 Å². The molecular weight excluding hydrogens is 338 g/mol. The van der Waals surface area contributed by atoms with Crippen molar-refractivity contribution < 1.29 is 13.2 Å². The smallest absolute Gasteiger partial charge is 0.227 e. The van der Waals surface area contributed by atoms with Crippen LogP contribution in [0.3, 0.4) is 0 Å². The van der Waals surface area contributed by atoms with Crippen molar-refractivity contribution in [3.8, 4) is 0 Å². The molecule has 1 amide bonds. The first-order chi connectivity index (χ1) is 12.0. The summed E-state index contributed by atoms with van der Waals surface area (Å²) in [6, 6.07) is 7.93. The molecule has 0 atom stereocenters. The number of nitrogens with zero attached hydrogens (tertiary/aromatic N) is 2. The predicted octanol–water partition coefficient (Wildman–Crippen LogP) is 1.98. The highest BCUT2D eigenvalue weighted by Gasteiger charge is 2.26. The Hall–Kier alpha value is -1.86. The highest BCUT2D eigenvalue weighted by Crippen LogP contribution is 2.19. The van der Waals surface area contributed by atoms with Crippen molar-refractivity contribution in [1.29, 1.82) is 0 Å². The second kappa shape index (κ2) is 7.58. The number of para-hydroxylation sites is 1. The largest absolute Gasteiger partial charge is 0.361 e. The molecule has 0 spiro atoms. The molecule has 3 rings (SSSR count). The van der Waals surface area contributed by atoms with Gasteiger partial charge in [-0.2, -0.15) is 0 Å². The molecule has 1 aromatic carbocycles. The molecule has 1 aromatic heterocycles. The van der Waals surface area contributed by atoms with Crippen LogP contribution < -0.4 is 0 Å². The lowest BCUT2D eigenvalue weighted by atomic mass is 10.1. The first-order valence-corrected chi connectivity index (χ1v) is 10.4. The Morgan fingerprint density at radius 1 is 1.16 bits per heavy atom. The SMILES string of the molecule is CCCS(=O)(=O)N1CCCN(C(=O)Cc2c[nH]c3ccccc23)CC1. The van der Waals surface area contributed by atoms with Crippen LogP contribution in [-0.2, 0) is 21.2 Å². The molecule has 0 aliphatic carbocycles. The van der Waals surface area contributed by atoms with E-state index >= 15 is 0 Å². The fourth-order valence-corrected chi connectivity index (χ4v) is 4.90. The Kier molecular flexibility index (Phi) is 5.44. The van der Waals surface area contributed by atoms with Crippen molar-refractivity contribution in [2.75, 3.05) is 31.9 Å². The van der Waals surface area contributed by atoms with Crippen LogP contribution in [0.1, 0.15) is 25.3 Å². The summed E-state index contributed by atoms with van der Waals surface area (Å²) < 4.78 is 26.0. The van der Waals surface area contributed by atoms with E-state index in [9.17, 15) is 13.2 Å². The van der Waals surface area contributed by atoms with Gasteiger partial charge >= 0.3 is 0 Å². The van der Waals surface area contributed by atoms with Gasteiger partial charge in [0.1, 0.15) is 0 Å². The number of hydrogen-bond acceptors (Lipinski definition) is 3. The molecule has 136 valence electrons. The number of aromatic amines is 1. The minimum atomic E-state index is -3.19. The molecule has 1 saturated heterocycles. The molecule has 25 heavy (non-hydrogen) atoms. The highest BCUT2D eigenvalue weighted by molar-refractivity contribution is 7.89. The maximum absolute atomic E-state index is 12.7. The van der Waals surface area contributed by atoms with E-state index in [-0.39, 0.29) is 11.7 Å². The third-order valence-corrected chi connectivity index (χ3v) is 6.76. The van der Waals surface area contributed by atoms with Crippen LogP contribution in [-0.4, -0.2) is 60.4 Å². The van der Waals surface area contributed by atoms with Crippen LogP contribution in [0, 0.1) is 0 Å². The first-order valence-electron chi connectivity index (χ1n) is 8.82. The number of sulfonamides is 1. The quantitative estimate of drug-likeness (QED) is 0.883. The summed E-state index contributed by atoms with van der Waals surface area (Å²) >= 11 is 0. The second-order valence-electron chi connectivity index (χ2n) is 6.49. The van der Waals surface area contributed by atoms with Crippen molar-refractivity contribution in [2.24, 2.45) is 0 Å². The lowest BCUT2D eigenvalue weighted by molar-refractivity contribution is -0.130. The molecule has 1 aliphatic rings. The zero-order valence-corrected chi connectivity index (χ0v) is 15.4. The Morgan fingerprint density at radius 2 is 1.96 bits per heavy atom. The molecule has 2 heterocycles. The summed E-state index contributed by atoms with van der Waals surface area (Å²) in [6.07, 6.45) is 3.52. The summed E-state index contributed by atoms with van der Waals surface area (Å²) in [4.78, 5) is 17.7. The van der Waals surface area contributed by atoms with E-state index in [1.807, 2.05) is 37.4 Å².